The van der Waals surface area contributed by atoms with E-state index >= 15 is 0 Å². The van der Waals surface area contributed by atoms with Gasteiger partial charge in [0.15, 0.2) is 0 Å². The van der Waals surface area contributed by atoms with Gasteiger partial charge in [0.1, 0.15) is 0 Å². The number of aliphatic hydroxyl groups is 1. The van der Waals surface area contributed by atoms with Crippen molar-refractivity contribution in [3.8, 4) is 0 Å². The van der Waals surface area contributed by atoms with Gasteiger partial charge in [0.2, 0.25) is 0 Å². The third-order valence-electron chi connectivity index (χ3n) is 4.72. The van der Waals surface area contributed by atoms with Gasteiger partial charge in [-0.15, -0.1) is 0 Å². The molecule has 0 bridgehead atoms. The van der Waals surface area contributed by atoms with E-state index in [1.807, 2.05) is 5.32 Å². The standard InChI is InChI=1S/C19H26N4O4/c1-13-6-7-14(22-18(26)23-16(24)11-20)10-15(13)17(25)21-12-19(27)8-4-2-3-5-9-19/h6-7,10-11,20,27H,2-5,8-9,12H2,1H3,(H,21,25)(H2,22,23,24,26). The van der Waals surface area contributed by atoms with Crippen molar-refractivity contribution in [1.82, 2.24) is 10.6 Å². The van der Waals surface area contributed by atoms with Crippen LogP contribution in [0, 0.1) is 12.3 Å². The normalized spacial score (nSPS) is 15.9. The second kappa shape index (κ2) is 9.27. The Bertz CT molecular complexity index is 724. The highest BCUT2D eigenvalue weighted by Crippen LogP contribution is 2.26. The predicted octanol–water partition coefficient (Wildman–Crippen LogP) is 2.11. The molecule has 1 aromatic carbocycles. The van der Waals surface area contributed by atoms with Crippen LogP contribution in [0.5, 0.6) is 0 Å². The molecule has 0 saturated heterocycles. The molecule has 0 spiro atoms. The maximum absolute atomic E-state index is 12.6. The Balaban J connectivity index is 2.01. The lowest BCUT2D eigenvalue weighted by atomic mass is 9.94. The van der Waals surface area contributed by atoms with Crippen LogP contribution in [-0.4, -0.2) is 41.3 Å². The third-order valence-corrected chi connectivity index (χ3v) is 4.72. The van der Waals surface area contributed by atoms with Crippen molar-refractivity contribution < 1.29 is 19.5 Å². The van der Waals surface area contributed by atoms with Crippen molar-refractivity contribution in [1.29, 1.82) is 5.41 Å². The summed E-state index contributed by atoms with van der Waals surface area (Å²) < 4.78 is 0. The number of urea groups is 1. The van der Waals surface area contributed by atoms with E-state index in [1.54, 1.807) is 19.1 Å². The van der Waals surface area contributed by atoms with Crippen LogP contribution < -0.4 is 16.0 Å². The molecule has 0 radical (unpaired) electrons. The van der Waals surface area contributed by atoms with Gasteiger partial charge in [-0.3, -0.25) is 14.9 Å². The Kier molecular flexibility index (Phi) is 7.06. The fraction of sp³-hybridized carbons (Fsp3) is 0.474. The van der Waals surface area contributed by atoms with E-state index in [0.717, 1.165) is 31.2 Å². The monoisotopic (exact) mass is 374 g/mol. The largest absolute Gasteiger partial charge is 0.388 e. The Morgan fingerprint density at radius 2 is 1.85 bits per heavy atom. The summed E-state index contributed by atoms with van der Waals surface area (Å²) in [7, 11) is 0. The van der Waals surface area contributed by atoms with Crippen LogP contribution in [0.3, 0.4) is 0 Å². The molecule has 1 aromatic rings. The Morgan fingerprint density at radius 3 is 2.48 bits per heavy atom. The molecule has 0 unspecified atom stereocenters. The number of anilines is 1. The SMILES string of the molecule is Cc1ccc(NC(=O)NC(=O)C=N)cc1C(=O)NCC1(O)CCCCCC1. The average Bonchev–Trinajstić information content (AvgIpc) is 2.86. The number of benzene rings is 1. The lowest BCUT2D eigenvalue weighted by molar-refractivity contribution is -0.113. The minimum absolute atomic E-state index is 0.192. The summed E-state index contributed by atoms with van der Waals surface area (Å²) in [5.41, 5.74) is 0.572. The summed E-state index contributed by atoms with van der Waals surface area (Å²) in [6, 6.07) is 4.02. The quantitative estimate of drug-likeness (QED) is 0.399. The number of imide groups is 1. The summed E-state index contributed by atoms with van der Waals surface area (Å²) in [6.07, 6.45) is 5.95. The molecule has 8 nitrogen and oxygen atoms in total. The van der Waals surface area contributed by atoms with Crippen LogP contribution in [-0.2, 0) is 4.79 Å². The Hall–Kier alpha value is -2.74. The molecule has 146 valence electrons. The van der Waals surface area contributed by atoms with Gasteiger partial charge in [-0.05, 0) is 37.5 Å². The van der Waals surface area contributed by atoms with Gasteiger partial charge >= 0.3 is 6.03 Å². The zero-order valence-electron chi connectivity index (χ0n) is 15.4. The number of aryl methyl sites for hydroxylation is 1. The molecule has 4 amide bonds. The lowest BCUT2D eigenvalue weighted by Gasteiger charge is -2.27. The molecular formula is C19H26N4O4. The number of rotatable bonds is 5. The minimum Gasteiger partial charge on any atom is -0.388 e. The summed E-state index contributed by atoms with van der Waals surface area (Å²) in [5, 5.41) is 24.6. The van der Waals surface area contributed by atoms with Crippen molar-refractivity contribution in [3.05, 3.63) is 29.3 Å². The van der Waals surface area contributed by atoms with Crippen LogP contribution in [0.25, 0.3) is 0 Å². The fourth-order valence-electron chi connectivity index (χ4n) is 3.16. The van der Waals surface area contributed by atoms with Crippen molar-refractivity contribution in [3.63, 3.8) is 0 Å². The Morgan fingerprint density at radius 1 is 1.19 bits per heavy atom. The lowest BCUT2D eigenvalue weighted by Crippen LogP contribution is -2.42. The van der Waals surface area contributed by atoms with Crippen molar-refractivity contribution in [2.45, 2.75) is 51.0 Å². The van der Waals surface area contributed by atoms with Gasteiger partial charge in [-0.1, -0.05) is 31.7 Å². The van der Waals surface area contributed by atoms with Crippen LogP contribution in [0.1, 0.15) is 54.4 Å². The maximum atomic E-state index is 12.6. The van der Waals surface area contributed by atoms with Crippen molar-refractivity contribution in [2.24, 2.45) is 0 Å². The average molecular weight is 374 g/mol. The highest BCUT2D eigenvalue weighted by molar-refractivity contribution is 6.29. The summed E-state index contributed by atoms with van der Waals surface area (Å²) in [5.74, 6) is -1.17. The second-order valence-electron chi connectivity index (χ2n) is 6.94. The van der Waals surface area contributed by atoms with E-state index in [0.29, 0.717) is 30.3 Å². The van der Waals surface area contributed by atoms with Gasteiger partial charge in [0.25, 0.3) is 11.8 Å². The van der Waals surface area contributed by atoms with E-state index in [4.69, 9.17) is 5.41 Å². The summed E-state index contributed by atoms with van der Waals surface area (Å²) in [6.45, 7) is 1.97. The van der Waals surface area contributed by atoms with Crippen LogP contribution in [0.4, 0.5) is 10.5 Å². The maximum Gasteiger partial charge on any atom is 0.326 e. The first-order valence-electron chi connectivity index (χ1n) is 9.07. The molecule has 1 fully saturated rings. The predicted molar refractivity (Wildman–Crippen MR) is 102 cm³/mol. The number of hydrogen-bond acceptors (Lipinski definition) is 5. The van der Waals surface area contributed by atoms with Crippen LogP contribution in [0.15, 0.2) is 18.2 Å². The van der Waals surface area contributed by atoms with Crippen LogP contribution >= 0.6 is 0 Å². The molecule has 5 N–H and O–H groups in total. The number of carbonyl (C=O) groups excluding carboxylic acids is 3. The number of carbonyl (C=O) groups is 3. The van der Waals surface area contributed by atoms with E-state index in [2.05, 4.69) is 10.6 Å². The van der Waals surface area contributed by atoms with Gasteiger partial charge in [-0.25, -0.2) is 4.79 Å². The first-order chi connectivity index (χ1) is 12.8. The van der Waals surface area contributed by atoms with E-state index in [1.165, 1.54) is 6.07 Å². The molecular weight excluding hydrogens is 348 g/mol. The summed E-state index contributed by atoms with van der Waals surface area (Å²) >= 11 is 0. The highest BCUT2D eigenvalue weighted by atomic mass is 16.3. The molecule has 0 aliphatic heterocycles. The topological polar surface area (TPSA) is 131 Å². The first kappa shape index (κ1) is 20.6. The minimum atomic E-state index is -0.872. The molecule has 0 aromatic heterocycles. The van der Waals surface area contributed by atoms with E-state index < -0.39 is 17.5 Å². The van der Waals surface area contributed by atoms with Gasteiger partial charge in [0, 0.05) is 17.8 Å². The third kappa shape index (κ3) is 6.18. The van der Waals surface area contributed by atoms with Crippen LogP contribution in [0.2, 0.25) is 0 Å². The molecule has 0 heterocycles. The zero-order valence-corrected chi connectivity index (χ0v) is 15.4. The molecule has 8 heteroatoms. The van der Waals surface area contributed by atoms with Gasteiger partial charge in [-0.2, -0.15) is 0 Å². The molecule has 1 saturated carbocycles. The zero-order chi connectivity index (χ0) is 19.9. The molecule has 1 aliphatic carbocycles. The Labute approximate surface area is 158 Å². The van der Waals surface area contributed by atoms with Gasteiger partial charge < -0.3 is 21.1 Å². The molecule has 27 heavy (non-hydrogen) atoms. The van der Waals surface area contributed by atoms with Gasteiger partial charge in [0.05, 0.1) is 11.8 Å². The second-order valence-corrected chi connectivity index (χ2v) is 6.94. The van der Waals surface area contributed by atoms with Crippen molar-refractivity contribution >= 4 is 29.7 Å². The fourth-order valence-corrected chi connectivity index (χ4v) is 3.16. The highest BCUT2D eigenvalue weighted by Gasteiger charge is 2.28. The molecule has 0 atom stereocenters. The smallest absolute Gasteiger partial charge is 0.326 e. The number of hydrogen-bond donors (Lipinski definition) is 5. The summed E-state index contributed by atoms with van der Waals surface area (Å²) in [4.78, 5) is 35.3. The van der Waals surface area contributed by atoms with E-state index in [9.17, 15) is 19.5 Å². The number of nitrogens with one attached hydrogen (secondary N) is 4. The van der Waals surface area contributed by atoms with Crippen molar-refractivity contribution in [2.75, 3.05) is 11.9 Å². The number of amides is 4. The molecule has 2 rings (SSSR count). The first-order valence-corrected chi connectivity index (χ1v) is 9.07. The van der Waals surface area contributed by atoms with E-state index in [-0.39, 0.29) is 12.5 Å². The molecule has 1 aliphatic rings.